The van der Waals surface area contributed by atoms with Crippen LogP contribution in [0.25, 0.3) is 32.3 Å². The molecule has 2 nitrogen and oxygen atoms in total. The number of hydrogen-bond acceptors (Lipinski definition) is 2. The first kappa shape index (κ1) is 17.5. The van der Waals surface area contributed by atoms with Crippen LogP contribution in [0, 0.1) is 5.92 Å². The number of rotatable bonds is 3. The lowest BCUT2D eigenvalue weighted by Crippen LogP contribution is -2.32. The van der Waals surface area contributed by atoms with Crippen LogP contribution in [0.5, 0.6) is 0 Å². The summed E-state index contributed by atoms with van der Waals surface area (Å²) < 4.78 is 0. The van der Waals surface area contributed by atoms with E-state index in [4.69, 9.17) is 5.73 Å². The summed E-state index contributed by atoms with van der Waals surface area (Å²) in [4.78, 5) is 0. The Bertz CT molecular complexity index is 1040. The maximum absolute atomic E-state index is 10.8. The van der Waals surface area contributed by atoms with E-state index >= 15 is 0 Å². The van der Waals surface area contributed by atoms with Crippen molar-refractivity contribution in [2.45, 2.75) is 37.8 Å². The second-order valence-electron chi connectivity index (χ2n) is 7.57. The number of hydrogen-bond donors (Lipinski definition) is 2. The Kier molecular flexibility index (Phi) is 4.52. The van der Waals surface area contributed by atoms with Crippen molar-refractivity contribution in [3.8, 4) is 0 Å². The van der Waals surface area contributed by atoms with Crippen LogP contribution in [-0.4, -0.2) is 11.2 Å². The summed E-state index contributed by atoms with van der Waals surface area (Å²) in [6.45, 7) is 0. The second-order valence-corrected chi connectivity index (χ2v) is 7.57. The van der Waals surface area contributed by atoms with E-state index in [9.17, 15) is 5.11 Å². The van der Waals surface area contributed by atoms with Crippen molar-refractivity contribution in [1.29, 1.82) is 0 Å². The maximum Gasteiger partial charge on any atom is 0.0761 e. The minimum atomic E-state index is -0.457. The molecule has 0 aromatic heterocycles. The van der Waals surface area contributed by atoms with Crippen molar-refractivity contribution in [3.63, 3.8) is 0 Å². The van der Waals surface area contributed by atoms with Crippen LogP contribution < -0.4 is 5.73 Å². The van der Waals surface area contributed by atoms with Gasteiger partial charge in [-0.1, -0.05) is 67.4 Å². The molecule has 4 aromatic rings. The molecule has 1 aliphatic rings. The molecule has 0 spiro atoms. The van der Waals surface area contributed by atoms with E-state index in [2.05, 4.69) is 54.6 Å². The van der Waals surface area contributed by atoms with Crippen molar-refractivity contribution < 1.29 is 5.11 Å². The number of nitrogens with two attached hydrogens (primary N) is 1. The molecule has 3 heteroatoms. The van der Waals surface area contributed by atoms with Crippen LogP contribution in [-0.2, 0) is 0 Å². The van der Waals surface area contributed by atoms with E-state index in [0.717, 1.165) is 18.4 Å². The summed E-state index contributed by atoms with van der Waals surface area (Å²) in [5, 5.41) is 18.4. The van der Waals surface area contributed by atoms with Gasteiger partial charge in [-0.3, -0.25) is 0 Å². The lowest BCUT2D eigenvalue weighted by molar-refractivity contribution is 0.0849. The van der Waals surface area contributed by atoms with Crippen LogP contribution in [0.3, 0.4) is 0 Å². The molecule has 1 saturated carbocycles. The van der Waals surface area contributed by atoms with E-state index in [1.807, 2.05) is 0 Å². The Morgan fingerprint density at radius 1 is 0.808 bits per heavy atom. The average molecular weight is 366 g/mol. The summed E-state index contributed by atoms with van der Waals surface area (Å²) in [7, 11) is 0. The first-order chi connectivity index (χ1) is 12.2. The van der Waals surface area contributed by atoms with Gasteiger partial charge in [0.1, 0.15) is 0 Å². The molecule has 26 heavy (non-hydrogen) atoms. The molecule has 1 fully saturated rings. The van der Waals surface area contributed by atoms with E-state index in [1.54, 1.807) is 0 Å². The Morgan fingerprint density at radius 3 is 2.08 bits per heavy atom. The van der Waals surface area contributed by atoms with Crippen molar-refractivity contribution in [2.24, 2.45) is 11.7 Å². The van der Waals surface area contributed by atoms with Gasteiger partial charge in [0.05, 0.1) is 12.1 Å². The molecule has 0 unspecified atom stereocenters. The minimum absolute atomic E-state index is 0. The topological polar surface area (TPSA) is 46.2 Å². The van der Waals surface area contributed by atoms with Crippen LogP contribution in [0.1, 0.15) is 37.3 Å². The van der Waals surface area contributed by atoms with Gasteiger partial charge in [0.2, 0.25) is 0 Å². The average Bonchev–Trinajstić information content (AvgIpc) is 3.19. The molecule has 0 radical (unpaired) electrons. The monoisotopic (exact) mass is 365 g/mol. The fourth-order valence-corrected chi connectivity index (χ4v) is 4.82. The predicted octanol–water partition coefficient (Wildman–Crippen LogP) is 5.56. The summed E-state index contributed by atoms with van der Waals surface area (Å²) in [5.74, 6) is 0.341. The first-order valence-corrected chi connectivity index (χ1v) is 9.34. The third-order valence-corrected chi connectivity index (χ3v) is 6.17. The van der Waals surface area contributed by atoms with Gasteiger partial charge in [0, 0.05) is 0 Å². The molecule has 2 atom stereocenters. The molecule has 0 bridgehead atoms. The number of aliphatic hydroxyl groups is 1. The zero-order valence-corrected chi connectivity index (χ0v) is 15.5. The highest BCUT2D eigenvalue weighted by Gasteiger charge is 2.29. The number of benzene rings is 4. The normalized spacial score (nSPS) is 17.8. The maximum atomic E-state index is 10.8. The van der Waals surface area contributed by atoms with Gasteiger partial charge < -0.3 is 10.8 Å². The standard InChI is InChI=1S/C23H23NO.ClH/c24-22(23(25)17-4-1-2-5-17)19-13-11-16-9-8-14-6-3-7-15-10-12-18(19)21(16)20(14)15;/h3,6-13,17,22-23,25H,1-2,4-5,24H2;1H/t22-,23+;/m1./s1. The molecule has 5 rings (SSSR count). The third kappa shape index (κ3) is 2.56. The van der Waals surface area contributed by atoms with Gasteiger partial charge in [0.15, 0.2) is 0 Å². The van der Waals surface area contributed by atoms with E-state index in [-0.39, 0.29) is 18.4 Å². The highest BCUT2D eigenvalue weighted by molar-refractivity contribution is 6.23. The SMILES string of the molecule is Cl.N[C@H](c1ccc2ccc3cccc4ccc1c2c34)[C@@H](O)C1CCCC1. The first-order valence-electron chi connectivity index (χ1n) is 9.34. The fourth-order valence-electron chi connectivity index (χ4n) is 4.82. The molecule has 1 aliphatic carbocycles. The van der Waals surface area contributed by atoms with Crippen molar-refractivity contribution in [2.75, 3.05) is 0 Å². The van der Waals surface area contributed by atoms with E-state index in [1.165, 1.54) is 45.2 Å². The van der Waals surface area contributed by atoms with Gasteiger partial charge >= 0.3 is 0 Å². The summed E-state index contributed by atoms with van der Waals surface area (Å²) >= 11 is 0. The van der Waals surface area contributed by atoms with Gasteiger partial charge in [-0.2, -0.15) is 0 Å². The molecule has 0 heterocycles. The van der Waals surface area contributed by atoms with Crippen LogP contribution in [0.15, 0.2) is 54.6 Å². The van der Waals surface area contributed by atoms with E-state index in [0.29, 0.717) is 5.92 Å². The predicted molar refractivity (Wildman–Crippen MR) is 112 cm³/mol. The largest absolute Gasteiger partial charge is 0.391 e. The number of halogens is 1. The van der Waals surface area contributed by atoms with Crippen LogP contribution in [0.2, 0.25) is 0 Å². The minimum Gasteiger partial charge on any atom is -0.391 e. The smallest absolute Gasteiger partial charge is 0.0761 e. The van der Waals surface area contributed by atoms with Gasteiger partial charge in [0.25, 0.3) is 0 Å². The van der Waals surface area contributed by atoms with Crippen LogP contribution >= 0.6 is 12.4 Å². The van der Waals surface area contributed by atoms with Crippen LogP contribution in [0.4, 0.5) is 0 Å². The lowest BCUT2D eigenvalue weighted by atomic mass is 9.86. The zero-order chi connectivity index (χ0) is 17.0. The Morgan fingerprint density at radius 2 is 1.38 bits per heavy atom. The quantitative estimate of drug-likeness (QED) is 0.467. The molecular formula is C23H24ClNO. The third-order valence-electron chi connectivity index (χ3n) is 6.17. The van der Waals surface area contributed by atoms with Gasteiger partial charge in [-0.05, 0) is 56.6 Å². The Labute approximate surface area is 159 Å². The van der Waals surface area contributed by atoms with Gasteiger partial charge in [-0.15, -0.1) is 12.4 Å². The highest BCUT2D eigenvalue weighted by Crippen LogP contribution is 2.39. The summed E-state index contributed by atoms with van der Waals surface area (Å²) in [5.41, 5.74) is 7.64. The van der Waals surface area contributed by atoms with Gasteiger partial charge in [-0.25, -0.2) is 0 Å². The van der Waals surface area contributed by atoms with E-state index < -0.39 is 6.10 Å². The lowest BCUT2D eigenvalue weighted by Gasteiger charge is -2.26. The summed E-state index contributed by atoms with van der Waals surface area (Å²) in [6, 6.07) is 19.1. The molecule has 0 aliphatic heterocycles. The molecular weight excluding hydrogens is 342 g/mol. The Balaban J connectivity index is 0.00000168. The molecule has 134 valence electrons. The number of aliphatic hydroxyl groups excluding tert-OH is 1. The second kappa shape index (κ2) is 6.70. The summed E-state index contributed by atoms with van der Waals surface area (Å²) in [6.07, 6.45) is 4.17. The molecule has 3 N–H and O–H groups in total. The van der Waals surface area contributed by atoms with Crippen molar-refractivity contribution in [3.05, 3.63) is 60.2 Å². The van der Waals surface area contributed by atoms with Crippen molar-refractivity contribution >= 4 is 44.7 Å². The van der Waals surface area contributed by atoms with Crippen molar-refractivity contribution in [1.82, 2.24) is 0 Å². The molecule has 0 amide bonds. The Hall–Kier alpha value is -1.87. The highest BCUT2D eigenvalue weighted by atomic mass is 35.5. The molecule has 4 aromatic carbocycles. The fraction of sp³-hybridized carbons (Fsp3) is 0.304. The zero-order valence-electron chi connectivity index (χ0n) is 14.7. The molecule has 0 saturated heterocycles.